The van der Waals surface area contributed by atoms with Gasteiger partial charge in [0.2, 0.25) is 0 Å². The maximum Gasteiger partial charge on any atom is 0.322 e. The number of sulfone groups is 1. The summed E-state index contributed by atoms with van der Waals surface area (Å²) in [5, 5.41) is -0.640. The topological polar surface area (TPSA) is 91.2 Å². The molecule has 0 unspecified atom stereocenters. The molecule has 0 radical (unpaired) electrons. The van der Waals surface area contributed by atoms with E-state index in [1.54, 1.807) is 47.0 Å². The quantitative estimate of drug-likeness (QED) is 0.552. The van der Waals surface area contributed by atoms with E-state index in [9.17, 15) is 22.0 Å². The molecule has 2 heterocycles. The van der Waals surface area contributed by atoms with E-state index < -0.39 is 26.7 Å². The zero-order valence-corrected chi connectivity index (χ0v) is 19.1. The van der Waals surface area contributed by atoms with Gasteiger partial charge in [-0.25, -0.2) is 17.2 Å². The first-order chi connectivity index (χ1) is 14.9. The molecule has 3 rings (SSSR count). The van der Waals surface area contributed by atoms with Crippen molar-refractivity contribution in [1.29, 1.82) is 0 Å². The van der Waals surface area contributed by atoms with Crippen LogP contribution < -0.4 is 10.3 Å². The van der Waals surface area contributed by atoms with Gasteiger partial charge in [-0.05, 0) is 51.5 Å². The first-order valence-corrected chi connectivity index (χ1v) is 11.5. The van der Waals surface area contributed by atoms with Crippen LogP contribution in [0.4, 0.5) is 8.78 Å². The molecule has 0 aliphatic rings. The van der Waals surface area contributed by atoms with E-state index in [2.05, 4.69) is 9.97 Å². The third kappa shape index (κ3) is 4.85. The Kier molecular flexibility index (Phi) is 6.45. The van der Waals surface area contributed by atoms with Gasteiger partial charge in [0.05, 0.1) is 22.4 Å². The molecule has 7 nitrogen and oxygen atoms in total. The molecule has 170 valence electrons. The molecule has 0 saturated carbocycles. The Labute approximate surface area is 184 Å². The van der Waals surface area contributed by atoms with E-state index in [0.29, 0.717) is 28.5 Å². The van der Waals surface area contributed by atoms with Gasteiger partial charge in [-0.2, -0.15) is 9.97 Å². The molecule has 0 N–H and O–H groups in total. The number of hydrogen-bond donors (Lipinski definition) is 0. The Balaban J connectivity index is 2.20. The van der Waals surface area contributed by atoms with Crippen LogP contribution >= 0.6 is 0 Å². The Morgan fingerprint density at radius 2 is 1.81 bits per heavy atom. The van der Waals surface area contributed by atoms with Crippen molar-refractivity contribution in [3.05, 3.63) is 69.3 Å². The number of ether oxygens (including phenoxy) is 1. The highest BCUT2D eigenvalue weighted by Gasteiger charge is 2.23. The highest BCUT2D eigenvalue weighted by molar-refractivity contribution is 7.91. The number of aryl methyl sites for hydroxylation is 2. The Bertz CT molecular complexity index is 1330. The van der Waals surface area contributed by atoms with Crippen LogP contribution in [0.1, 0.15) is 30.7 Å². The fourth-order valence-electron chi connectivity index (χ4n) is 3.03. The van der Waals surface area contributed by atoms with Gasteiger partial charge in [0.1, 0.15) is 5.82 Å². The van der Waals surface area contributed by atoms with Crippen LogP contribution in [-0.2, 0) is 22.6 Å². The number of benzene rings is 1. The van der Waals surface area contributed by atoms with Crippen molar-refractivity contribution >= 4 is 9.84 Å². The standard InChI is InChI=1S/C22H23F2N3O4S/c1-12(2)32(29,30)11-18-14(4)20(15-8-13(3)21(28)27(5)10-15)26-22(25-18)31-19-7-6-16(23)9-17(19)24/h6-10,12H,11H2,1-5H3. The molecule has 32 heavy (non-hydrogen) atoms. The van der Waals surface area contributed by atoms with E-state index in [-0.39, 0.29) is 28.8 Å². The molecule has 1 aromatic carbocycles. The third-order valence-electron chi connectivity index (χ3n) is 5.01. The second kappa shape index (κ2) is 8.78. The summed E-state index contributed by atoms with van der Waals surface area (Å²) in [4.78, 5) is 20.6. The maximum absolute atomic E-state index is 14.1. The van der Waals surface area contributed by atoms with Crippen molar-refractivity contribution in [2.75, 3.05) is 0 Å². The van der Waals surface area contributed by atoms with Gasteiger partial charge in [-0.3, -0.25) is 4.79 Å². The lowest BCUT2D eigenvalue weighted by Gasteiger charge is -2.15. The molecule has 10 heteroatoms. The van der Waals surface area contributed by atoms with Crippen molar-refractivity contribution in [2.45, 2.75) is 38.7 Å². The molecule has 0 aliphatic heterocycles. The van der Waals surface area contributed by atoms with Gasteiger partial charge in [0, 0.05) is 30.4 Å². The van der Waals surface area contributed by atoms with Crippen LogP contribution in [0.15, 0.2) is 35.3 Å². The van der Waals surface area contributed by atoms with E-state index in [1.165, 1.54) is 4.57 Å². The van der Waals surface area contributed by atoms with Crippen LogP contribution in [0.25, 0.3) is 11.3 Å². The van der Waals surface area contributed by atoms with Crippen LogP contribution in [0.5, 0.6) is 11.8 Å². The molecule has 0 spiro atoms. The first-order valence-electron chi connectivity index (χ1n) is 9.78. The second-order valence-corrected chi connectivity index (χ2v) is 10.3. The predicted octanol–water partition coefficient (Wildman–Crippen LogP) is 3.85. The average Bonchev–Trinajstić information content (AvgIpc) is 2.69. The van der Waals surface area contributed by atoms with Crippen LogP contribution in [-0.4, -0.2) is 28.2 Å². The minimum atomic E-state index is -3.52. The summed E-state index contributed by atoms with van der Waals surface area (Å²) in [7, 11) is -1.94. The fraction of sp³-hybridized carbons (Fsp3) is 0.318. The summed E-state index contributed by atoms with van der Waals surface area (Å²) in [6.07, 6.45) is 1.56. The Morgan fingerprint density at radius 3 is 2.41 bits per heavy atom. The van der Waals surface area contributed by atoms with Gasteiger partial charge in [-0.1, -0.05) is 0 Å². The molecular weight excluding hydrogens is 440 g/mol. The number of hydrogen-bond acceptors (Lipinski definition) is 6. The van der Waals surface area contributed by atoms with Crippen LogP contribution in [0.3, 0.4) is 0 Å². The maximum atomic E-state index is 14.1. The van der Waals surface area contributed by atoms with Gasteiger partial charge in [0.25, 0.3) is 5.56 Å². The smallest absolute Gasteiger partial charge is 0.322 e. The van der Waals surface area contributed by atoms with Crippen molar-refractivity contribution in [3.8, 4) is 23.0 Å². The Morgan fingerprint density at radius 1 is 1.12 bits per heavy atom. The molecule has 0 amide bonds. The number of halogens is 2. The minimum Gasteiger partial charge on any atom is -0.421 e. The summed E-state index contributed by atoms with van der Waals surface area (Å²) in [6.45, 7) is 6.45. The summed E-state index contributed by atoms with van der Waals surface area (Å²) in [5.41, 5.74) is 1.83. The van der Waals surface area contributed by atoms with E-state index in [1.807, 2.05) is 0 Å². The van der Waals surface area contributed by atoms with Crippen LogP contribution in [0.2, 0.25) is 0 Å². The minimum absolute atomic E-state index is 0.187. The van der Waals surface area contributed by atoms with Crippen molar-refractivity contribution < 1.29 is 21.9 Å². The average molecular weight is 464 g/mol. The molecule has 0 atom stereocenters. The molecule has 0 saturated heterocycles. The zero-order chi connectivity index (χ0) is 23.8. The SMILES string of the molecule is Cc1c(CS(=O)(=O)C(C)C)nc(Oc2ccc(F)cc2F)nc1-c1cc(C)c(=O)n(C)c1. The lowest BCUT2D eigenvalue weighted by molar-refractivity contribution is 0.407. The number of aromatic nitrogens is 3. The van der Waals surface area contributed by atoms with E-state index in [4.69, 9.17) is 4.74 Å². The summed E-state index contributed by atoms with van der Waals surface area (Å²) >= 11 is 0. The largest absolute Gasteiger partial charge is 0.421 e. The van der Waals surface area contributed by atoms with E-state index in [0.717, 1.165) is 12.1 Å². The van der Waals surface area contributed by atoms with Gasteiger partial charge >= 0.3 is 6.01 Å². The number of pyridine rings is 1. The normalized spacial score (nSPS) is 11.8. The summed E-state index contributed by atoms with van der Waals surface area (Å²) in [5.74, 6) is -2.41. The third-order valence-corrected chi connectivity index (χ3v) is 7.13. The second-order valence-electron chi connectivity index (χ2n) is 7.79. The highest BCUT2D eigenvalue weighted by Crippen LogP contribution is 2.29. The molecule has 2 aromatic heterocycles. The lowest BCUT2D eigenvalue weighted by Crippen LogP contribution is -2.19. The summed E-state index contributed by atoms with van der Waals surface area (Å²) in [6, 6.07) is 4.10. The molecule has 0 bridgehead atoms. The monoisotopic (exact) mass is 463 g/mol. The van der Waals surface area contributed by atoms with Crippen molar-refractivity contribution in [2.24, 2.45) is 7.05 Å². The fourth-order valence-corrected chi connectivity index (χ4v) is 4.02. The van der Waals surface area contributed by atoms with Crippen molar-refractivity contribution in [1.82, 2.24) is 14.5 Å². The van der Waals surface area contributed by atoms with Gasteiger partial charge in [-0.15, -0.1) is 0 Å². The summed E-state index contributed by atoms with van der Waals surface area (Å²) < 4.78 is 59.3. The lowest BCUT2D eigenvalue weighted by atomic mass is 10.1. The van der Waals surface area contributed by atoms with E-state index >= 15 is 0 Å². The Hall–Kier alpha value is -3.14. The highest BCUT2D eigenvalue weighted by atomic mass is 32.2. The molecular formula is C22H23F2N3O4S. The van der Waals surface area contributed by atoms with Gasteiger partial charge < -0.3 is 9.30 Å². The predicted molar refractivity (Wildman–Crippen MR) is 116 cm³/mol. The van der Waals surface area contributed by atoms with Crippen molar-refractivity contribution in [3.63, 3.8) is 0 Å². The first kappa shape index (κ1) is 23.5. The molecule has 3 aromatic rings. The zero-order valence-electron chi connectivity index (χ0n) is 18.3. The molecule has 0 fully saturated rings. The number of rotatable bonds is 6. The van der Waals surface area contributed by atoms with Crippen LogP contribution in [0, 0.1) is 25.5 Å². The van der Waals surface area contributed by atoms with Gasteiger partial charge in [0.15, 0.2) is 21.4 Å². The number of nitrogens with zero attached hydrogens (tertiary/aromatic N) is 3. The molecule has 0 aliphatic carbocycles.